The molecule has 0 bridgehead atoms. The number of amides is 2. The summed E-state index contributed by atoms with van der Waals surface area (Å²) in [4.78, 5) is 11.4. The van der Waals surface area contributed by atoms with E-state index in [1.54, 1.807) is 11.8 Å². The van der Waals surface area contributed by atoms with Crippen molar-refractivity contribution in [3.05, 3.63) is 0 Å². The van der Waals surface area contributed by atoms with Gasteiger partial charge in [0.25, 0.3) is 0 Å². The summed E-state index contributed by atoms with van der Waals surface area (Å²) in [5.41, 5.74) is 0. The Labute approximate surface area is 90.4 Å². The molecule has 1 rings (SSSR count). The summed E-state index contributed by atoms with van der Waals surface area (Å²) in [6, 6.07) is 0.307. The highest BCUT2D eigenvalue weighted by atomic mass is 32.2. The molecule has 1 aliphatic rings. The lowest BCUT2D eigenvalue weighted by Crippen LogP contribution is -2.43. The number of hydrogen-bond acceptors (Lipinski definition) is 2. The van der Waals surface area contributed by atoms with E-state index in [0.717, 1.165) is 24.6 Å². The highest BCUT2D eigenvalue weighted by molar-refractivity contribution is 7.98. The molecule has 0 unspecified atom stereocenters. The average molecular weight is 216 g/mol. The second kappa shape index (κ2) is 6.17. The van der Waals surface area contributed by atoms with E-state index in [4.69, 9.17) is 0 Å². The lowest BCUT2D eigenvalue weighted by molar-refractivity contribution is 0.237. The lowest BCUT2D eigenvalue weighted by Gasteiger charge is -2.16. The van der Waals surface area contributed by atoms with Crippen molar-refractivity contribution in [3.63, 3.8) is 0 Å². The summed E-state index contributed by atoms with van der Waals surface area (Å²) >= 11 is 1.77. The van der Waals surface area contributed by atoms with Crippen LogP contribution in [0.1, 0.15) is 26.2 Å². The van der Waals surface area contributed by atoms with Crippen LogP contribution in [0.5, 0.6) is 0 Å². The van der Waals surface area contributed by atoms with Crippen LogP contribution in [0.2, 0.25) is 0 Å². The number of thioether (sulfide) groups is 1. The fourth-order valence-corrected chi connectivity index (χ4v) is 1.98. The fraction of sp³-hybridized carbons (Fsp3) is 0.900. The van der Waals surface area contributed by atoms with Gasteiger partial charge < -0.3 is 10.6 Å². The van der Waals surface area contributed by atoms with E-state index in [1.165, 1.54) is 12.8 Å². The van der Waals surface area contributed by atoms with Crippen molar-refractivity contribution in [1.29, 1.82) is 0 Å². The van der Waals surface area contributed by atoms with Crippen LogP contribution in [0.4, 0.5) is 4.79 Å². The van der Waals surface area contributed by atoms with Crippen molar-refractivity contribution in [3.8, 4) is 0 Å². The molecular weight excluding hydrogens is 196 g/mol. The van der Waals surface area contributed by atoms with Crippen molar-refractivity contribution in [2.45, 2.75) is 32.2 Å². The quantitative estimate of drug-likeness (QED) is 0.711. The molecule has 0 aliphatic heterocycles. The third-order valence-electron chi connectivity index (χ3n) is 2.44. The van der Waals surface area contributed by atoms with Gasteiger partial charge in [-0.2, -0.15) is 11.8 Å². The summed E-state index contributed by atoms with van der Waals surface area (Å²) in [6.07, 6.45) is 5.62. The van der Waals surface area contributed by atoms with Crippen molar-refractivity contribution >= 4 is 17.8 Å². The number of carbonyl (C=O) groups excluding carboxylic acids is 1. The molecule has 0 heterocycles. The Bertz CT molecular complexity index is 183. The molecule has 2 amide bonds. The summed E-state index contributed by atoms with van der Waals surface area (Å²) in [6.45, 7) is 2.95. The molecule has 0 aromatic heterocycles. The maximum atomic E-state index is 11.4. The summed E-state index contributed by atoms with van der Waals surface area (Å²) < 4.78 is 0. The molecule has 1 aliphatic carbocycles. The predicted octanol–water partition coefficient (Wildman–Crippen LogP) is 1.84. The molecule has 1 fully saturated rings. The van der Waals surface area contributed by atoms with Crippen molar-refractivity contribution < 1.29 is 4.79 Å². The Morgan fingerprint density at radius 3 is 2.79 bits per heavy atom. The molecule has 3 nitrogen and oxygen atoms in total. The van der Waals surface area contributed by atoms with Crippen LogP contribution < -0.4 is 10.6 Å². The number of rotatable bonds is 6. The fourth-order valence-electron chi connectivity index (χ4n) is 1.26. The van der Waals surface area contributed by atoms with Crippen molar-refractivity contribution in [1.82, 2.24) is 10.6 Å². The first-order valence-electron chi connectivity index (χ1n) is 5.29. The Morgan fingerprint density at radius 2 is 2.29 bits per heavy atom. The van der Waals surface area contributed by atoms with E-state index in [2.05, 4.69) is 23.8 Å². The first kappa shape index (κ1) is 11.7. The molecule has 0 aromatic carbocycles. The van der Waals surface area contributed by atoms with E-state index in [1.807, 2.05) is 0 Å². The highest BCUT2D eigenvalue weighted by Gasteiger charge is 2.21. The third kappa shape index (κ3) is 4.74. The number of nitrogens with one attached hydrogen (secondary N) is 2. The van der Waals surface area contributed by atoms with E-state index in [0.29, 0.717) is 6.04 Å². The van der Waals surface area contributed by atoms with Gasteiger partial charge in [-0.1, -0.05) is 6.92 Å². The van der Waals surface area contributed by atoms with Gasteiger partial charge in [-0.15, -0.1) is 0 Å². The smallest absolute Gasteiger partial charge is 0.315 e. The van der Waals surface area contributed by atoms with Crippen molar-refractivity contribution in [2.75, 3.05) is 18.6 Å². The van der Waals surface area contributed by atoms with Crippen LogP contribution in [0.15, 0.2) is 0 Å². The van der Waals surface area contributed by atoms with Crippen LogP contribution in [0.25, 0.3) is 0 Å². The summed E-state index contributed by atoms with van der Waals surface area (Å²) in [7, 11) is 0. The Morgan fingerprint density at radius 1 is 1.57 bits per heavy atom. The molecule has 4 heteroatoms. The van der Waals surface area contributed by atoms with Gasteiger partial charge in [-0.3, -0.25) is 0 Å². The first-order valence-corrected chi connectivity index (χ1v) is 6.69. The van der Waals surface area contributed by atoms with E-state index in [-0.39, 0.29) is 6.03 Å². The minimum Gasteiger partial charge on any atom is -0.338 e. The number of urea groups is 1. The minimum absolute atomic E-state index is 0.00204. The Hall–Kier alpha value is -0.380. The van der Waals surface area contributed by atoms with E-state index >= 15 is 0 Å². The van der Waals surface area contributed by atoms with E-state index < -0.39 is 0 Å². The normalized spacial score (nSPS) is 17.6. The molecule has 14 heavy (non-hydrogen) atoms. The van der Waals surface area contributed by atoms with Gasteiger partial charge >= 0.3 is 6.03 Å². The van der Waals surface area contributed by atoms with Crippen LogP contribution in [-0.4, -0.2) is 30.6 Å². The maximum Gasteiger partial charge on any atom is 0.315 e. The SMILES string of the molecule is CC[C@@H](CSC)NC(=O)NCC1CC1. The van der Waals surface area contributed by atoms with Gasteiger partial charge in [0.2, 0.25) is 0 Å². The molecule has 1 saturated carbocycles. The predicted molar refractivity (Wildman–Crippen MR) is 61.7 cm³/mol. The Kier molecular flexibility index (Phi) is 5.15. The van der Waals surface area contributed by atoms with Gasteiger partial charge in [0.1, 0.15) is 0 Å². The van der Waals surface area contributed by atoms with Crippen LogP contribution in [0.3, 0.4) is 0 Å². The third-order valence-corrected chi connectivity index (χ3v) is 3.18. The number of carbonyl (C=O) groups is 1. The molecular formula is C10H20N2OS. The zero-order valence-electron chi connectivity index (χ0n) is 9.01. The zero-order chi connectivity index (χ0) is 10.4. The monoisotopic (exact) mass is 216 g/mol. The van der Waals surface area contributed by atoms with Gasteiger partial charge in [-0.05, 0) is 31.4 Å². The summed E-state index contributed by atoms with van der Waals surface area (Å²) in [5.74, 6) is 1.74. The van der Waals surface area contributed by atoms with Gasteiger partial charge in [0, 0.05) is 18.3 Å². The van der Waals surface area contributed by atoms with Gasteiger partial charge in [-0.25, -0.2) is 4.79 Å². The van der Waals surface area contributed by atoms with Crippen LogP contribution in [0, 0.1) is 5.92 Å². The van der Waals surface area contributed by atoms with Gasteiger partial charge in [0.05, 0.1) is 0 Å². The molecule has 0 aromatic rings. The molecule has 2 N–H and O–H groups in total. The zero-order valence-corrected chi connectivity index (χ0v) is 9.82. The lowest BCUT2D eigenvalue weighted by atomic mass is 10.3. The van der Waals surface area contributed by atoms with Crippen LogP contribution >= 0.6 is 11.8 Å². The van der Waals surface area contributed by atoms with E-state index in [9.17, 15) is 4.79 Å². The van der Waals surface area contributed by atoms with Crippen molar-refractivity contribution in [2.24, 2.45) is 5.92 Å². The average Bonchev–Trinajstić information content (AvgIpc) is 2.97. The summed E-state index contributed by atoms with van der Waals surface area (Å²) in [5, 5.41) is 5.89. The highest BCUT2D eigenvalue weighted by Crippen LogP contribution is 2.27. The minimum atomic E-state index is -0.00204. The largest absolute Gasteiger partial charge is 0.338 e. The topological polar surface area (TPSA) is 41.1 Å². The molecule has 1 atom stereocenters. The molecule has 82 valence electrons. The van der Waals surface area contributed by atoms with Crippen LogP contribution in [-0.2, 0) is 0 Å². The second-order valence-corrected chi connectivity index (χ2v) is 4.77. The van der Waals surface area contributed by atoms with Gasteiger partial charge in [0.15, 0.2) is 0 Å². The molecule has 0 radical (unpaired) electrons. The first-order chi connectivity index (χ1) is 6.76. The molecule has 0 saturated heterocycles. The standard InChI is InChI=1S/C10H20N2OS/c1-3-9(7-14-2)12-10(13)11-6-8-4-5-8/h8-9H,3-7H2,1-2H3,(H2,11,12,13)/t9-/m0/s1. The molecule has 0 spiro atoms. The maximum absolute atomic E-state index is 11.4. The second-order valence-electron chi connectivity index (χ2n) is 3.86. The number of hydrogen-bond donors (Lipinski definition) is 2. The Balaban J connectivity index is 2.09.